The number of rotatable bonds is 1. The van der Waals surface area contributed by atoms with E-state index >= 15 is 0 Å². The summed E-state index contributed by atoms with van der Waals surface area (Å²) in [7, 11) is 1.99. The lowest BCUT2D eigenvalue weighted by atomic mass is 9.75. The fourth-order valence-electron chi connectivity index (χ4n) is 2.99. The monoisotopic (exact) mass is 270 g/mol. The number of amides is 2. The largest absolute Gasteiger partial charge is 0.350 e. The maximum absolute atomic E-state index is 12.3. The van der Waals surface area contributed by atoms with Crippen molar-refractivity contribution in [1.29, 1.82) is 0 Å². The van der Waals surface area contributed by atoms with Crippen LogP contribution in [0, 0.1) is 6.92 Å². The number of benzene rings is 1. The van der Waals surface area contributed by atoms with Crippen molar-refractivity contribution in [2.24, 2.45) is 7.05 Å². The van der Waals surface area contributed by atoms with Gasteiger partial charge in [-0.15, -0.1) is 0 Å². The summed E-state index contributed by atoms with van der Waals surface area (Å²) in [6, 6.07) is 6.24. The highest BCUT2D eigenvalue weighted by Gasteiger charge is 2.41. The van der Waals surface area contributed by atoms with Gasteiger partial charge >= 0.3 is 0 Å². The van der Waals surface area contributed by atoms with Crippen LogP contribution >= 0.6 is 0 Å². The van der Waals surface area contributed by atoms with E-state index in [9.17, 15) is 9.59 Å². The summed E-state index contributed by atoms with van der Waals surface area (Å²) in [6.45, 7) is 3.98. The van der Waals surface area contributed by atoms with E-state index in [0.717, 1.165) is 16.5 Å². The number of aromatic nitrogens is 1. The number of nitrogens with one attached hydrogen (secondary N) is 1. The molecule has 1 saturated heterocycles. The van der Waals surface area contributed by atoms with E-state index in [1.54, 1.807) is 0 Å². The van der Waals surface area contributed by atoms with E-state index in [-0.39, 0.29) is 11.8 Å². The average Bonchev–Trinajstić information content (AvgIpc) is 2.72. The number of piperidine rings is 1. The van der Waals surface area contributed by atoms with E-state index in [1.807, 2.05) is 24.7 Å². The number of imide groups is 1. The fourth-order valence-corrected chi connectivity index (χ4v) is 2.99. The van der Waals surface area contributed by atoms with Crippen LogP contribution in [0.5, 0.6) is 0 Å². The minimum atomic E-state index is -0.636. The van der Waals surface area contributed by atoms with Crippen molar-refractivity contribution in [3.63, 3.8) is 0 Å². The second-order valence-electron chi connectivity index (χ2n) is 5.88. The van der Waals surface area contributed by atoms with Gasteiger partial charge in [0.25, 0.3) is 0 Å². The Bertz CT molecular complexity index is 729. The normalized spacial score (nSPS) is 23.1. The van der Waals surface area contributed by atoms with Crippen molar-refractivity contribution < 1.29 is 9.59 Å². The van der Waals surface area contributed by atoms with Crippen LogP contribution in [0.25, 0.3) is 10.9 Å². The molecule has 3 rings (SSSR count). The molecule has 1 aliphatic heterocycles. The summed E-state index contributed by atoms with van der Waals surface area (Å²) < 4.78 is 2.05. The molecule has 4 heteroatoms. The molecule has 1 aromatic carbocycles. The van der Waals surface area contributed by atoms with Crippen LogP contribution in [-0.4, -0.2) is 16.4 Å². The molecule has 0 radical (unpaired) electrons. The van der Waals surface area contributed by atoms with Crippen molar-refractivity contribution in [3.8, 4) is 0 Å². The van der Waals surface area contributed by atoms with E-state index in [2.05, 4.69) is 30.4 Å². The summed E-state index contributed by atoms with van der Waals surface area (Å²) >= 11 is 0. The highest BCUT2D eigenvalue weighted by Crippen LogP contribution is 2.37. The second-order valence-corrected chi connectivity index (χ2v) is 5.88. The Morgan fingerprint density at radius 2 is 2.05 bits per heavy atom. The maximum Gasteiger partial charge on any atom is 0.237 e. The first-order chi connectivity index (χ1) is 9.41. The van der Waals surface area contributed by atoms with Gasteiger partial charge in [-0.3, -0.25) is 14.9 Å². The molecule has 2 amide bonds. The predicted octanol–water partition coefficient (Wildman–Crippen LogP) is 2.18. The van der Waals surface area contributed by atoms with Gasteiger partial charge in [-0.2, -0.15) is 0 Å². The molecule has 0 bridgehead atoms. The molecule has 1 aliphatic rings. The molecule has 2 aromatic rings. The first-order valence-electron chi connectivity index (χ1n) is 6.82. The van der Waals surface area contributed by atoms with Gasteiger partial charge in [-0.1, -0.05) is 12.1 Å². The van der Waals surface area contributed by atoms with Crippen LogP contribution in [0.15, 0.2) is 24.4 Å². The van der Waals surface area contributed by atoms with Crippen LogP contribution in [0.3, 0.4) is 0 Å². The standard InChI is InChI=1S/C16H18N2O2/c1-10-4-5-11-12(9-18(3)13(11)8-10)16(2)7-6-14(19)17-15(16)20/h4-5,8-9H,6-7H2,1-3H3,(H,17,19,20). The number of aryl methyl sites for hydroxylation is 2. The Morgan fingerprint density at radius 1 is 1.30 bits per heavy atom. The highest BCUT2D eigenvalue weighted by molar-refractivity contribution is 6.05. The smallest absolute Gasteiger partial charge is 0.237 e. The molecule has 1 fully saturated rings. The van der Waals surface area contributed by atoms with Crippen molar-refractivity contribution in [1.82, 2.24) is 9.88 Å². The third-order valence-corrected chi connectivity index (χ3v) is 4.35. The van der Waals surface area contributed by atoms with Gasteiger partial charge in [0.2, 0.25) is 11.8 Å². The second kappa shape index (κ2) is 4.20. The van der Waals surface area contributed by atoms with Gasteiger partial charge < -0.3 is 4.57 Å². The SMILES string of the molecule is Cc1ccc2c(C3(C)CCC(=O)NC3=O)cn(C)c2c1. The molecule has 0 aliphatic carbocycles. The Morgan fingerprint density at radius 3 is 2.75 bits per heavy atom. The van der Waals surface area contributed by atoms with Gasteiger partial charge in [-0.25, -0.2) is 0 Å². The zero-order valence-electron chi connectivity index (χ0n) is 12.0. The summed E-state index contributed by atoms with van der Waals surface area (Å²) in [5, 5.41) is 3.55. The van der Waals surface area contributed by atoms with Gasteiger partial charge in [0.15, 0.2) is 0 Å². The van der Waals surface area contributed by atoms with Crippen LogP contribution < -0.4 is 5.32 Å². The Balaban J connectivity index is 2.19. The van der Waals surface area contributed by atoms with E-state index < -0.39 is 5.41 Å². The lowest BCUT2D eigenvalue weighted by Crippen LogP contribution is -2.49. The quantitative estimate of drug-likeness (QED) is 0.807. The van der Waals surface area contributed by atoms with Crippen LogP contribution in [0.2, 0.25) is 0 Å². The molecule has 0 saturated carbocycles. The summed E-state index contributed by atoms with van der Waals surface area (Å²) in [5.74, 6) is -0.370. The molecule has 4 nitrogen and oxygen atoms in total. The molecule has 1 unspecified atom stereocenters. The number of nitrogens with zero attached hydrogens (tertiary/aromatic N) is 1. The minimum Gasteiger partial charge on any atom is -0.350 e. The summed E-state index contributed by atoms with van der Waals surface area (Å²) in [6.07, 6.45) is 2.97. The third kappa shape index (κ3) is 1.75. The first-order valence-corrected chi connectivity index (χ1v) is 6.82. The topological polar surface area (TPSA) is 51.1 Å². The predicted molar refractivity (Wildman–Crippen MR) is 77.4 cm³/mol. The molecule has 20 heavy (non-hydrogen) atoms. The van der Waals surface area contributed by atoms with Crippen molar-refractivity contribution in [3.05, 3.63) is 35.5 Å². The van der Waals surface area contributed by atoms with E-state index in [1.165, 1.54) is 5.56 Å². The minimum absolute atomic E-state index is 0.177. The summed E-state index contributed by atoms with van der Waals surface area (Å²) in [5.41, 5.74) is 2.67. The van der Waals surface area contributed by atoms with Crippen LogP contribution in [0.4, 0.5) is 0 Å². The third-order valence-electron chi connectivity index (χ3n) is 4.35. The Kier molecular flexibility index (Phi) is 2.71. The molecule has 1 N–H and O–H groups in total. The molecular weight excluding hydrogens is 252 g/mol. The molecule has 0 spiro atoms. The lowest BCUT2D eigenvalue weighted by molar-refractivity contribution is -0.137. The van der Waals surface area contributed by atoms with E-state index in [0.29, 0.717) is 12.8 Å². The van der Waals surface area contributed by atoms with Gasteiger partial charge in [0.05, 0.1) is 5.41 Å². The lowest BCUT2D eigenvalue weighted by Gasteiger charge is -2.31. The van der Waals surface area contributed by atoms with Crippen LogP contribution in [-0.2, 0) is 22.1 Å². The zero-order valence-corrected chi connectivity index (χ0v) is 12.0. The molecular formula is C16H18N2O2. The van der Waals surface area contributed by atoms with Gasteiger partial charge in [-0.05, 0) is 37.5 Å². The number of carbonyl (C=O) groups is 2. The van der Waals surface area contributed by atoms with Crippen molar-refractivity contribution >= 4 is 22.7 Å². The number of hydrogen-bond acceptors (Lipinski definition) is 2. The number of hydrogen-bond donors (Lipinski definition) is 1. The number of fused-ring (bicyclic) bond motifs is 1. The number of carbonyl (C=O) groups excluding carboxylic acids is 2. The average molecular weight is 270 g/mol. The highest BCUT2D eigenvalue weighted by atomic mass is 16.2. The van der Waals surface area contributed by atoms with Crippen LogP contribution in [0.1, 0.15) is 30.9 Å². The van der Waals surface area contributed by atoms with Gasteiger partial charge in [0, 0.05) is 30.6 Å². The first kappa shape index (κ1) is 12.9. The van der Waals surface area contributed by atoms with Crippen molar-refractivity contribution in [2.75, 3.05) is 0 Å². The van der Waals surface area contributed by atoms with E-state index in [4.69, 9.17) is 0 Å². The fraction of sp³-hybridized carbons (Fsp3) is 0.375. The molecule has 1 atom stereocenters. The Labute approximate surface area is 117 Å². The van der Waals surface area contributed by atoms with Crippen molar-refractivity contribution in [2.45, 2.75) is 32.1 Å². The zero-order chi connectivity index (χ0) is 14.5. The maximum atomic E-state index is 12.3. The Hall–Kier alpha value is -2.10. The molecule has 1 aromatic heterocycles. The molecule has 2 heterocycles. The van der Waals surface area contributed by atoms with Gasteiger partial charge in [0.1, 0.15) is 0 Å². The summed E-state index contributed by atoms with van der Waals surface area (Å²) in [4.78, 5) is 23.7. The molecule has 104 valence electrons.